The third kappa shape index (κ3) is 56.5. The zero-order chi connectivity index (χ0) is 55.0. The van der Waals surface area contributed by atoms with Gasteiger partial charge in [0.05, 0.1) is 33.8 Å². The lowest BCUT2D eigenvalue weighted by atomic mass is 10.0. The highest BCUT2D eigenvalue weighted by atomic mass is 31.2. The molecule has 0 saturated heterocycles. The van der Waals surface area contributed by atoms with E-state index in [-0.39, 0.29) is 25.1 Å². The number of nitrogens with zero attached hydrogens (tertiary/aromatic N) is 1. The second-order valence-corrected chi connectivity index (χ2v) is 24.4. The van der Waals surface area contributed by atoms with Gasteiger partial charge in [0, 0.05) is 12.8 Å². The fourth-order valence-corrected chi connectivity index (χ4v) is 10.0. The first-order valence-electron chi connectivity index (χ1n) is 32.0. The highest BCUT2D eigenvalue weighted by molar-refractivity contribution is 7.47. The number of hydrogen-bond donors (Lipinski definition) is 2. The standard InChI is InChI=1S/C65H123N2O7P/c1-7-10-13-16-19-22-25-28-30-31-32-33-34-35-36-37-38-39-42-45-48-51-54-57-64(68)66-62(61-73-75(70,71)72-60-59-67(4,5)6)63(56-53-50-47-44-41-27-24-21-18-15-12-9-3)74-65(69)58-55-52-49-46-43-40-29-26-23-20-17-14-11-8-2/h19,22,28,30,32-33,53,56,62-63H,7-18,20-21,23-27,29,31,34-52,54-55,57-61H2,1-6H3,(H-,66,68,70,71)/p+1/b22-19-,30-28-,33-32-,56-53-. The first-order chi connectivity index (χ1) is 36.4. The highest BCUT2D eigenvalue weighted by Crippen LogP contribution is 2.43. The average Bonchev–Trinajstić information content (AvgIpc) is 3.37. The predicted molar refractivity (Wildman–Crippen MR) is 323 cm³/mol. The van der Waals surface area contributed by atoms with Crippen LogP contribution in [-0.2, 0) is 27.9 Å². The number of phosphoric acid groups is 1. The number of ether oxygens (including phenoxy) is 1. The van der Waals surface area contributed by atoms with Crippen molar-refractivity contribution in [1.29, 1.82) is 0 Å². The molecule has 1 amide bonds. The van der Waals surface area contributed by atoms with E-state index in [1.165, 1.54) is 199 Å². The summed E-state index contributed by atoms with van der Waals surface area (Å²) in [5.74, 6) is -0.498. The van der Waals surface area contributed by atoms with Gasteiger partial charge in [-0.1, -0.05) is 269 Å². The van der Waals surface area contributed by atoms with Crippen LogP contribution < -0.4 is 5.32 Å². The molecule has 0 radical (unpaired) electrons. The number of quaternary nitrogens is 1. The molecule has 0 heterocycles. The predicted octanol–water partition coefficient (Wildman–Crippen LogP) is 19.7. The fourth-order valence-electron chi connectivity index (χ4n) is 9.30. The number of allylic oxidation sites excluding steroid dienone is 7. The molecule has 440 valence electrons. The van der Waals surface area contributed by atoms with E-state index in [0.29, 0.717) is 23.9 Å². The minimum Gasteiger partial charge on any atom is -0.456 e. The Hall–Kier alpha value is -2.03. The Morgan fingerprint density at radius 2 is 0.813 bits per heavy atom. The van der Waals surface area contributed by atoms with Gasteiger partial charge in [0.15, 0.2) is 0 Å². The quantitative estimate of drug-likeness (QED) is 0.0205. The maximum atomic E-state index is 13.6. The minimum atomic E-state index is -4.45. The molecule has 3 unspecified atom stereocenters. The maximum Gasteiger partial charge on any atom is 0.472 e. The number of esters is 1. The van der Waals surface area contributed by atoms with Crippen molar-refractivity contribution in [2.24, 2.45) is 0 Å². The summed E-state index contributed by atoms with van der Waals surface area (Å²) in [6.07, 6.45) is 68.2. The van der Waals surface area contributed by atoms with E-state index in [1.807, 2.05) is 33.3 Å². The largest absolute Gasteiger partial charge is 0.472 e. The first-order valence-corrected chi connectivity index (χ1v) is 33.5. The lowest BCUT2D eigenvalue weighted by Crippen LogP contribution is -2.47. The Labute approximate surface area is 465 Å². The van der Waals surface area contributed by atoms with Gasteiger partial charge in [0.2, 0.25) is 5.91 Å². The van der Waals surface area contributed by atoms with Gasteiger partial charge in [0.25, 0.3) is 0 Å². The van der Waals surface area contributed by atoms with Crippen molar-refractivity contribution in [3.8, 4) is 0 Å². The number of rotatable bonds is 58. The number of amides is 1. The van der Waals surface area contributed by atoms with Crippen LogP contribution in [0, 0.1) is 0 Å². The van der Waals surface area contributed by atoms with Crippen molar-refractivity contribution in [3.63, 3.8) is 0 Å². The van der Waals surface area contributed by atoms with E-state index in [2.05, 4.69) is 62.5 Å². The Morgan fingerprint density at radius 3 is 1.24 bits per heavy atom. The number of carbonyl (C=O) groups is 2. The normalized spacial score (nSPS) is 14.0. The minimum absolute atomic E-state index is 0.0407. The number of carbonyl (C=O) groups excluding carboxylic acids is 2. The van der Waals surface area contributed by atoms with Crippen molar-refractivity contribution >= 4 is 19.7 Å². The summed E-state index contributed by atoms with van der Waals surface area (Å²) in [7, 11) is 1.50. The smallest absolute Gasteiger partial charge is 0.456 e. The Morgan fingerprint density at radius 1 is 0.467 bits per heavy atom. The van der Waals surface area contributed by atoms with Crippen molar-refractivity contribution in [2.75, 3.05) is 40.9 Å². The Kier molecular flexibility index (Phi) is 53.8. The molecule has 0 fully saturated rings. The second-order valence-electron chi connectivity index (χ2n) is 22.9. The summed E-state index contributed by atoms with van der Waals surface area (Å²) >= 11 is 0. The van der Waals surface area contributed by atoms with Crippen molar-refractivity contribution in [3.05, 3.63) is 48.6 Å². The van der Waals surface area contributed by atoms with Crippen LogP contribution in [-0.4, -0.2) is 74.3 Å². The van der Waals surface area contributed by atoms with Crippen molar-refractivity contribution in [2.45, 2.75) is 315 Å². The van der Waals surface area contributed by atoms with Gasteiger partial charge in [-0.05, 0) is 70.3 Å². The summed E-state index contributed by atoms with van der Waals surface area (Å²) in [5.41, 5.74) is 0. The summed E-state index contributed by atoms with van der Waals surface area (Å²) in [6, 6.07) is -0.847. The van der Waals surface area contributed by atoms with Gasteiger partial charge >= 0.3 is 13.8 Å². The van der Waals surface area contributed by atoms with Gasteiger partial charge in [-0.15, -0.1) is 0 Å². The molecule has 9 nitrogen and oxygen atoms in total. The molecular weight excluding hydrogens is 952 g/mol. The number of phosphoric ester groups is 1. The lowest BCUT2D eigenvalue weighted by molar-refractivity contribution is -0.870. The molecule has 0 aromatic rings. The van der Waals surface area contributed by atoms with E-state index in [4.69, 9.17) is 13.8 Å². The molecule has 0 aliphatic rings. The first kappa shape index (κ1) is 73.0. The van der Waals surface area contributed by atoms with E-state index in [1.54, 1.807) is 0 Å². The molecule has 0 spiro atoms. The van der Waals surface area contributed by atoms with Crippen molar-refractivity contribution in [1.82, 2.24) is 5.32 Å². The monoisotopic (exact) mass is 1080 g/mol. The second kappa shape index (κ2) is 55.3. The lowest BCUT2D eigenvalue weighted by Gasteiger charge is -2.27. The molecule has 2 N–H and O–H groups in total. The van der Waals surface area contributed by atoms with Crippen LogP contribution in [0.4, 0.5) is 0 Å². The number of unbranched alkanes of at least 4 members (excludes halogenated alkanes) is 36. The van der Waals surface area contributed by atoms with Gasteiger partial charge in [-0.3, -0.25) is 18.6 Å². The van der Waals surface area contributed by atoms with E-state index in [9.17, 15) is 19.0 Å². The molecule has 0 aliphatic carbocycles. The molecule has 0 rings (SSSR count). The molecule has 0 aromatic carbocycles. The molecule has 0 saturated carbocycles. The number of nitrogens with one attached hydrogen (secondary N) is 1. The van der Waals surface area contributed by atoms with Crippen molar-refractivity contribution < 1.29 is 37.3 Å². The third-order valence-corrected chi connectivity index (χ3v) is 15.3. The average molecular weight is 1080 g/mol. The fraction of sp³-hybridized carbons (Fsp3) is 0.846. The molecule has 10 heteroatoms. The van der Waals surface area contributed by atoms with E-state index in [0.717, 1.165) is 70.6 Å². The van der Waals surface area contributed by atoms with Gasteiger partial charge in [-0.25, -0.2) is 4.57 Å². The third-order valence-electron chi connectivity index (χ3n) is 14.3. The van der Waals surface area contributed by atoms with Crippen LogP contribution in [0.3, 0.4) is 0 Å². The van der Waals surface area contributed by atoms with Crippen LogP contribution in [0.25, 0.3) is 0 Å². The molecule has 0 aliphatic heterocycles. The summed E-state index contributed by atoms with van der Waals surface area (Å²) in [4.78, 5) is 37.7. The van der Waals surface area contributed by atoms with Crippen LogP contribution in [0.5, 0.6) is 0 Å². The van der Waals surface area contributed by atoms with Crippen LogP contribution in [0.15, 0.2) is 48.6 Å². The number of hydrogen-bond acceptors (Lipinski definition) is 6. The Bertz CT molecular complexity index is 1420. The molecule has 0 bridgehead atoms. The van der Waals surface area contributed by atoms with Crippen LogP contribution in [0.2, 0.25) is 0 Å². The van der Waals surface area contributed by atoms with Gasteiger partial charge in [0.1, 0.15) is 19.3 Å². The molecule has 3 atom stereocenters. The maximum absolute atomic E-state index is 13.6. The summed E-state index contributed by atoms with van der Waals surface area (Å²) in [5, 5.41) is 3.06. The van der Waals surface area contributed by atoms with Gasteiger partial charge < -0.3 is 19.4 Å². The van der Waals surface area contributed by atoms with Crippen LogP contribution >= 0.6 is 7.82 Å². The zero-order valence-electron chi connectivity index (χ0n) is 50.3. The summed E-state index contributed by atoms with van der Waals surface area (Å²) in [6.45, 7) is 7.01. The topological polar surface area (TPSA) is 111 Å². The van der Waals surface area contributed by atoms with Gasteiger partial charge in [-0.2, -0.15) is 0 Å². The Balaban J connectivity index is 5.15. The highest BCUT2D eigenvalue weighted by Gasteiger charge is 2.30. The van der Waals surface area contributed by atoms with E-state index >= 15 is 0 Å². The molecule has 0 aromatic heterocycles. The zero-order valence-corrected chi connectivity index (χ0v) is 51.2. The molecular formula is C65H124N2O7P+. The molecule has 75 heavy (non-hydrogen) atoms. The van der Waals surface area contributed by atoms with Crippen LogP contribution in [0.1, 0.15) is 303 Å². The number of likely N-dealkylation sites (N-methyl/N-ethyl adjacent to an activating group) is 1. The SMILES string of the molecule is CCCCC/C=C\C/C=C\C/C=C\CCCCCCCCCCCCC(=O)NC(COP(=O)(O)OCC[N+](C)(C)C)C(/C=C\CCCCCCCCCCCC)OC(=O)CCCCCCCCCCCCCCCC. The van der Waals surface area contributed by atoms with E-state index < -0.39 is 20.0 Å². The summed E-state index contributed by atoms with van der Waals surface area (Å²) < 4.78 is 30.7.